The average Bonchev–Trinajstić information content (AvgIpc) is 3.24. The van der Waals surface area contributed by atoms with Gasteiger partial charge in [0.25, 0.3) is 5.17 Å². The quantitative estimate of drug-likeness (QED) is 0.522. The van der Waals surface area contributed by atoms with Crippen LogP contribution in [0.1, 0.15) is 12.7 Å². The van der Waals surface area contributed by atoms with Crippen LogP contribution in [0.15, 0.2) is 34.4 Å². The minimum absolute atomic E-state index is 0.346. The number of methoxy groups -OCH3 is 3. The van der Waals surface area contributed by atoms with Gasteiger partial charge < -0.3 is 23.4 Å². The molecule has 3 rings (SSSR count). The van der Waals surface area contributed by atoms with Gasteiger partial charge in [-0.1, -0.05) is 12.2 Å². The summed E-state index contributed by atoms with van der Waals surface area (Å²) in [6.07, 6.45) is 1.72. The average molecular weight is 405 g/mol. The minimum Gasteiger partial charge on any atom is -0.496 e. The number of nitrogens with zero attached hydrogens (tertiary/aromatic N) is 1. The molecule has 2 heterocycles. The van der Waals surface area contributed by atoms with Crippen molar-refractivity contribution >= 4 is 40.7 Å². The van der Waals surface area contributed by atoms with E-state index >= 15 is 0 Å². The molecule has 1 fully saturated rings. The molecule has 0 saturated carbocycles. The molecule has 1 aromatic heterocycles. The lowest BCUT2D eigenvalue weighted by Crippen LogP contribution is -2.26. The molecule has 1 aliphatic heterocycles. The van der Waals surface area contributed by atoms with Crippen molar-refractivity contribution < 1.29 is 23.4 Å². The van der Waals surface area contributed by atoms with Crippen molar-refractivity contribution in [3.05, 3.63) is 35.8 Å². The Labute approximate surface area is 168 Å². The highest BCUT2D eigenvalue weighted by Gasteiger charge is 2.28. The standard InChI is InChI=1S/C19H19NO5S2/c1-5-20-18(26)16(25-19(20)27)8-11-6-7-13(24-11)17-14(22-3)9-12(21-2)10-15(17)23-4/h6-10H,5H2,1-4H3/b16-8-. The molecule has 6 nitrogen and oxygen atoms in total. The number of rotatable bonds is 6. The van der Waals surface area contributed by atoms with Crippen LogP contribution in [0.5, 0.6) is 17.2 Å². The zero-order valence-electron chi connectivity index (χ0n) is 15.4. The van der Waals surface area contributed by atoms with E-state index in [9.17, 15) is 0 Å². The minimum atomic E-state index is 0.346. The lowest BCUT2D eigenvalue weighted by Gasteiger charge is -2.13. The fourth-order valence-corrected chi connectivity index (χ4v) is 3.40. The first-order chi connectivity index (χ1) is 13.0. The van der Waals surface area contributed by atoms with Gasteiger partial charge in [-0.05, 0) is 31.3 Å². The fraction of sp³-hybridized carbons (Fsp3) is 0.263. The molecule has 0 atom stereocenters. The Bertz CT molecular complexity index is 894. The van der Waals surface area contributed by atoms with Gasteiger partial charge in [-0.25, -0.2) is 0 Å². The van der Waals surface area contributed by atoms with Crippen LogP contribution in [0.4, 0.5) is 0 Å². The third kappa shape index (κ3) is 3.63. The molecule has 1 aromatic carbocycles. The van der Waals surface area contributed by atoms with Crippen molar-refractivity contribution in [1.82, 2.24) is 4.90 Å². The lowest BCUT2D eigenvalue weighted by molar-refractivity contribution is 0.375. The van der Waals surface area contributed by atoms with E-state index in [1.807, 2.05) is 19.1 Å². The Hall–Kier alpha value is -2.58. The molecule has 8 heteroatoms. The molecule has 142 valence electrons. The van der Waals surface area contributed by atoms with E-state index in [4.69, 9.17) is 47.8 Å². The van der Waals surface area contributed by atoms with Gasteiger partial charge in [0.1, 0.15) is 34.3 Å². The highest BCUT2D eigenvalue weighted by molar-refractivity contribution is 7.82. The maximum absolute atomic E-state index is 5.96. The van der Waals surface area contributed by atoms with E-state index in [1.54, 1.807) is 44.4 Å². The van der Waals surface area contributed by atoms with Gasteiger partial charge in [0.2, 0.25) is 0 Å². The summed E-state index contributed by atoms with van der Waals surface area (Å²) in [5, 5.41) is 0.346. The molecule has 0 bridgehead atoms. The second-order valence-corrected chi connectivity index (χ2v) is 6.27. The smallest absolute Gasteiger partial charge is 0.270 e. The van der Waals surface area contributed by atoms with Gasteiger partial charge in [0, 0.05) is 24.8 Å². The van der Waals surface area contributed by atoms with E-state index in [0.717, 1.165) is 0 Å². The predicted molar refractivity (Wildman–Crippen MR) is 110 cm³/mol. The van der Waals surface area contributed by atoms with E-state index < -0.39 is 0 Å². The van der Waals surface area contributed by atoms with Crippen LogP contribution in [0.2, 0.25) is 0 Å². The molecule has 0 unspecified atom stereocenters. The van der Waals surface area contributed by atoms with Crippen molar-refractivity contribution in [2.45, 2.75) is 6.92 Å². The maximum Gasteiger partial charge on any atom is 0.270 e. The van der Waals surface area contributed by atoms with Gasteiger partial charge >= 0.3 is 0 Å². The Morgan fingerprint density at radius 1 is 1.04 bits per heavy atom. The first-order valence-electron chi connectivity index (χ1n) is 8.18. The summed E-state index contributed by atoms with van der Waals surface area (Å²) in [5.74, 6) is 3.42. The number of hydrogen-bond acceptors (Lipinski definition) is 7. The summed E-state index contributed by atoms with van der Waals surface area (Å²) < 4.78 is 27.8. The maximum atomic E-state index is 5.96. The number of thiocarbonyl (C=S) groups is 2. The molecule has 0 N–H and O–H groups in total. The van der Waals surface area contributed by atoms with Crippen LogP contribution in [-0.2, 0) is 4.74 Å². The second-order valence-electron chi connectivity index (χ2n) is 5.53. The van der Waals surface area contributed by atoms with Crippen molar-refractivity contribution in [1.29, 1.82) is 0 Å². The van der Waals surface area contributed by atoms with E-state index in [2.05, 4.69) is 0 Å². The second kappa shape index (κ2) is 7.98. The molecule has 0 spiro atoms. The van der Waals surface area contributed by atoms with E-state index in [1.165, 1.54) is 0 Å². The topological polar surface area (TPSA) is 53.3 Å². The molecule has 0 radical (unpaired) electrons. The Morgan fingerprint density at radius 3 is 2.22 bits per heavy atom. The summed E-state index contributed by atoms with van der Waals surface area (Å²) in [6, 6.07) is 7.18. The van der Waals surface area contributed by atoms with Gasteiger partial charge in [-0.2, -0.15) is 0 Å². The molecular formula is C19H19NO5S2. The number of likely N-dealkylation sites (N-methyl/N-ethyl adjacent to an activating group) is 1. The molecule has 27 heavy (non-hydrogen) atoms. The zero-order valence-corrected chi connectivity index (χ0v) is 17.0. The largest absolute Gasteiger partial charge is 0.496 e. The zero-order chi connectivity index (χ0) is 19.6. The molecule has 0 aliphatic carbocycles. The van der Waals surface area contributed by atoms with Gasteiger partial charge in [-0.15, -0.1) is 0 Å². The van der Waals surface area contributed by atoms with Crippen LogP contribution < -0.4 is 14.2 Å². The number of benzene rings is 1. The lowest BCUT2D eigenvalue weighted by atomic mass is 10.1. The number of ether oxygens (including phenoxy) is 4. The van der Waals surface area contributed by atoms with E-state index in [0.29, 0.717) is 56.8 Å². The van der Waals surface area contributed by atoms with Gasteiger partial charge in [0.05, 0.1) is 21.3 Å². The van der Waals surface area contributed by atoms with Crippen molar-refractivity contribution in [3.63, 3.8) is 0 Å². The highest BCUT2D eigenvalue weighted by Crippen LogP contribution is 2.42. The fourth-order valence-electron chi connectivity index (χ4n) is 2.72. The van der Waals surface area contributed by atoms with Crippen LogP contribution in [-0.4, -0.2) is 42.9 Å². The van der Waals surface area contributed by atoms with Crippen LogP contribution >= 0.6 is 24.4 Å². The molecule has 1 saturated heterocycles. The summed E-state index contributed by atoms with van der Waals surface area (Å²) >= 11 is 10.6. The normalized spacial score (nSPS) is 15.3. The molecule has 0 amide bonds. The summed E-state index contributed by atoms with van der Waals surface area (Å²) in [7, 11) is 4.74. The van der Waals surface area contributed by atoms with Crippen molar-refractivity contribution in [3.8, 4) is 28.6 Å². The number of hydrogen-bond donors (Lipinski definition) is 0. The van der Waals surface area contributed by atoms with Crippen LogP contribution in [0.25, 0.3) is 17.4 Å². The van der Waals surface area contributed by atoms with Crippen LogP contribution in [0.3, 0.4) is 0 Å². The third-order valence-electron chi connectivity index (χ3n) is 4.05. The number of furan rings is 1. The Morgan fingerprint density at radius 2 is 1.70 bits per heavy atom. The molecular weight excluding hydrogens is 386 g/mol. The predicted octanol–water partition coefficient (Wildman–Crippen LogP) is 4.28. The van der Waals surface area contributed by atoms with Crippen molar-refractivity contribution in [2.75, 3.05) is 27.9 Å². The summed E-state index contributed by atoms with van der Waals surface area (Å²) in [5.41, 5.74) is 0.686. The van der Waals surface area contributed by atoms with E-state index in [-0.39, 0.29) is 0 Å². The first kappa shape index (κ1) is 19.2. The molecule has 2 aromatic rings. The first-order valence-corrected chi connectivity index (χ1v) is 8.99. The summed E-state index contributed by atoms with van der Waals surface area (Å²) in [4.78, 5) is 2.29. The Balaban J connectivity index is 1.99. The van der Waals surface area contributed by atoms with Crippen molar-refractivity contribution in [2.24, 2.45) is 0 Å². The third-order valence-corrected chi connectivity index (χ3v) is 4.78. The van der Waals surface area contributed by atoms with Gasteiger partial charge in [0.15, 0.2) is 10.7 Å². The monoisotopic (exact) mass is 405 g/mol. The Kier molecular flexibility index (Phi) is 5.67. The highest BCUT2D eigenvalue weighted by atomic mass is 32.1. The SMILES string of the molecule is CCN1C(=S)O/C(=C\c2ccc(-c3c(OC)cc(OC)cc3OC)o2)C1=S. The van der Waals surface area contributed by atoms with Gasteiger partial charge in [-0.3, -0.25) is 4.90 Å². The van der Waals surface area contributed by atoms with Crippen LogP contribution in [0, 0.1) is 0 Å². The molecule has 1 aliphatic rings. The summed E-state index contributed by atoms with van der Waals surface area (Å²) in [6.45, 7) is 2.61.